The van der Waals surface area contributed by atoms with Crippen molar-refractivity contribution < 1.29 is 9.59 Å². The number of benzene rings is 1. The number of nitrogens with one attached hydrogen (secondary N) is 2. The van der Waals surface area contributed by atoms with Crippen LogP contribution in [0.25, 0.3) is 10.7 Å². The fraction of sp³-hybridized carbons (Fsp3) is 0.143. The topological polar surface area (TPSA) is 88.9 Å². The molecule has 10 heteroatoms. The number of carbonyl (C=O) groups is 2. The zero-order valence-corrected chi connectivity index (χ0v) is 19.0. The molecule has 0 aliphatic carbocycles. The molecule has 4 rings (SSSR count). The summed E-state index contributed by atoms with van der Waals surface area (Å²) >= 11 is 4.33. The Labute approximate surface area is 191 Å². The molecule has 0 atom stereocenters. The second-order valence-electron chi connectivity index (χ2n) is 6.38. The van der Waals surface area contributed by atoms with E-state index in [1.165, 1.54) is 23.1 Å². The molecule has 0 bridgehead atoms. The smallest absolute Gasteiger partial charge is 0.265 e. The summed E-state index contributed by atoms with van der Waals surface area (Å²) in [6.07, 6.45) is 0. The molecule has 1 aromatic carbocycles. The first-order valence-electron chi connectivity index (χ1n) is 9.48. The number of carbonyl (C=O) groups excluding carboxylic acids is 2. The predicted molar refractivity (Wildman–Crippen MR) is 127 cm³/mol. The minimum Gasteiger partial charge on any atom is -0.325 e. The van der Waals surface area contributed by atoms with Crippen LogP contribution in [0.1, 0.15) is 16.6 Å². The van der Waals surface area contributed by atoms with E-state index in [1.54, 1.807) is 41.7 Å². The van der Waals surface area contributed by atoms with E-state index in [-0.39, 0.29) is 17.6 Å². The Morgan fingerprint density at radius 3 is 2.48 bits per heavy atom. The van der Waals surface area contributed by atoms with Crippen LogP contribution in [0, 0.1) is 0 Å². The molecule has 0 radical (unpaired) electrons. The molecule has 3 aromatic heterocycles. The van der Waals surface area contributed by atoms with Crippen LogP contribution in [0.3, 0.4) is 0 Å². The highest BCUT2D eigenvalue weighted by Gasteiger charge is 2.15. The van der Waals surface area contributed by atoms with Crippen LogP contribution < -0.4 is 10.6 Å². The van der Waals surface area contributed by atoms with E-state index in [0.717, 1.165) is 17.2 Å². The molecule has 0 aliphatic heterocycles. The van der Waals surface area contributed by atoms with Crippen LogP contribution in [0.2, 0.25) is 0 Å². The normalized spacial score (nSPS) is 10.7. The van der Waals surface area contributed by atoms with Crippen molar-refractivity contribution in [2.45, 2.75) is 18.6 Å². The SMILES string of the molecule is CCn1c(SCC(=O)Nc2cccc(NC(=O)c3cccs3)c2)nnc1-c1cccs1. The summed E-state index contributed by atoms with van der Waals surface area (Å²) in [6, 6.07) is 14.7. The molecule has 0 saturated heterocycles. The fourth-order valence-electron chi connectivity index (χ4n) is 2.87. The van der Waals surface area contributed by atoms with Gasteiger partial charge in [0.1, 0.15) is 0 Å². The van der Waals surface area contributed by atoms with Gasteiger partial charge in [0.2, 0.25) is 5.91 Å². The largest absolute Gasteiger partial charge is 0.325 e. The molecule has 158 valence electrons. The van der Waals surface area contributed by atoms with E-state index < -0.39 is 0 Å². The van der Waals surface area contributed by atoms with Crippen LogP contribution in [-0.2, 0) is 11.3 Å². The lowest BCUT2D eigenvalue weighted by Gasteiger charge is -2.09. The Balaban J connectivity index is 1.36. The van der Waals surface area contributed by atoms with Crippen molar-refractivity contribution in [2.24, 2.45) is 0 Å². The molecule has 0 unspecified atom stereocenters. The standard InChI is InChI=1S/C21H19N5O2S3/c1-2-26-19(16-8-4-10-29-16)24-25-21(26)31-13-18(27)22-14-6-3-7-15(12-14)23-20(28)17-9-5-11-30-17/h3-12H,2,13H2,1H3,(H,22,27)(H,23,28). The minimum atomic E-state index is -0.172. The van der Waals surface area contributed by atoms with Crippen LogP contribution in [0.4, 0.5) is 11.4 Å². The Morgan fingerprint density at radius 1 is 1.00 bits per heavy atom. The van der Waals surface area contributed by atoms with Gasteiger partial charge in [-0.3, -0.25) is 9.59 Å². The average Bonchev–Trinajstić information content (AvgIpc) is 3.54. The number of thioether (sulfide) groups is 1. The van der Waals surface area contributed by atoms with E-state index in [1.807, 2.05) is 40.5 Å². The molecule has 0 saturated carbocycles. The summed E-state index contributed by atoms with van der Waals surface area (Å²) in [5, 5.41) is 18.8. The summed E-state index contributed by atoms with van der Waals surface area (Å²) in [7, 11) is 0. The second-order valence-corrected chi connectivity index (χ2v) is 9.21. The van der Waals surface area contributed by atoms with Gasteiger partial charge in [0.25, 0.3) is 5.91 Å². The van der Waals surface area contributed by atoms with Crippen LogP contribution in [-0.4, -0.2) is 32.3 Å². The molecule has 7 nitrogen and oxygen atoms in total. The number of thiophene rings is 2. The van der Waals surface area contributed by atoms with Crippen molar-refractivity contribution in [3.05, 3.63) is 64.2 Å². The van der Waals surface area contributed by atoms with Crippen molar-refractivity contribution >= 4 is 57.6 Å². The first-order valence-corrected chi connectivity index (χ1v) is 12.2. The monoisotopic (exact) mass is 469 g/mol. The second kappa shape index (κ2) is 9.90. The lowest BCUT2D eigenvalue weighted by molar-refractivity contribution is -0.113. The van der Waals surface area contributed by atoms with Crippen molar-refractivity contribution in [1.82, 2.24) is 14.8 Å². The van der Waals surface area contributed by atoms with Gasteiger partial charge in [-0.1, -0.05) is 30.0 Å². The maximum Gasteiger partial charge on any atom is 0.265 e. The van der Waals surface area contributed by atoms with Gasteiger partial charge in [0.05, 0.1) is 15.5 Å². The number of hydrogen-bond acceptors (Lipinski definition) is 7. The number of anilines is 2. The maximum atomic E-state index is 12.5. The molecule has 0 aliphatic rings. The Bertz CT molecular complexity index is 1170. The average molecular weight is 470 g/mol. The van der Waals surface area contributed by atoms with Gasteiger partial charge < -0.3 is 15.2 Å². The molecule has 4 aromatic rings. The number of amides is 2. The third-order valence-electron chi connectivity index (χ3n) is 4.26. The van der Waals surface area contributed by atoms with Crippen LogP contribution in [0.15, 0.2) is 64.4 Å². The van der Waals surface area contributed by atoms with Crippen molar-refractivity contribution in [1.29, 1.82) is 0 Å². The third kappa shape index (κ3) is 5.22. The number of hydrogen-bond donors (Lipinski definition) is 2. The summed E-state index contributed by atoms with van der Waals surface area (Å²) in [5.41, 5.74) is 1.24. The molecular formula is C21H19N5O2S3. The number of rotatable bonds is 8. The van der Waals surface area contributed by atoms with Crippen LogP contribution in [0.5, 0.6) is 0 Å². The minimum absolute atomic E-state index is 0.157. The summed E-state index contributed by atoms with van der Waals surface area (Å²) in [5.74, 6) is 0.688. The highest BCUT2D eigenvalue weighted by atomic mass is 32.2. The highest BCUT2D eigenvalue weighted by molar-refractivity contribution is 7.99. The number of aromatic nitrogens is 3. The maximum absolute atomic E-state index is 12.5. The highest BCUT2D eigenvalue weighted by Crippen LogP contribution is 2.27. The van der Waals surface area contributed by atoms with Crippen molar-refractivity contribution in [3.8, 4) is 10.7 Å². The Kier molecular flexibility index (Phi) is 6.80. The first kappa shape index (κ1) is 21.3. The zero-order chi connectivity index (χ0) is 21.6. The molecular weight excluding hydrogens is 450 g/mol. The molecule has 2 amide bonds. The van der Waals surface area contributed by atoms with Gasteiger partial charge >= 0.3 is 0 Å². The molecule has 0 fully saturated rings. The van der Waals surface area contributed by atoms with E-state index in [0.29, 0.717) is 21.4 Å². The van der Waals surface area contributed by atoms with E-state index in [2.05, 4.69) is 20.8 Å². The summed E-state index contributed by atoms with van der Waals surface area (Å²) in [4.78, 5) is 26.4. The predicted octanol–water partition coefficient (Wildman–Crippen LogP) is 5.07. The fourth-order valence-corrected chi connectivity index (χ4v) is 5.01. The molecule has 0 spiro atoms. The third-order valence-corrected chi connectivity index (χ3v) is 6.96. The lowest BCUT2D eigenvalue weighted by atomic mass is 10.2. The van der Waals surface area contributed by atoms with Gasteiger partial charge in [-0.25, -0.2) is 0 Å². The van der Waals surface area contributed by atoms with Gasteiger partial charge in [-0.2, -0.15) is 0 Å². The van der Waals surface area contributed by atoms with E-state index in [4.69, 9.17) is 0 Å². The van der Waals surface area contributed by atoms with Crippen LogP contribution >= 0.6 is 34.4 Å². The quantitative estimate of drug-likeness (QED) is 0.352. The molecule has 2 N–H and O–H groups in total. The Hall–Kier alpha value is -2.95. The van der Waals surface area contributed by atoms with Gasteiger partial charge in [-0.15, -0.1) is 32.9 Å². The van der Waals surface area contributed by atoms with Gasteiger partial charge in [-0.05, 0) is 48.0 Å². The van der Waals surface area contributed by atoms with Crippen molar-refractivity contribution in [3.63, 3.8) is 0 Å². The van der Waals surface area contributed by atoms with E-state index in [9.17, 15) is 9.59 Å². The van der Waals surface area contributed by atoms with Gasteiger partial charge in [0.15, 0.2) is 11.0 Å². The zero-order valence-electron chi connectivity index (χ0n) is 16.6. The lowest BCUT2D eigenvalue weighted by Crippen LogP contribution is -2.15. The number of nitrogens with zero attached hydrogens (tertiary/aromatic N) is 3. The van der Waals surface area contributed by atoms with E-state index >= 15 is 0 Å². The summed E-state index contributed by atoms with van der Waals surface area (Å²) < 4.78 is 2.00. The Morgan fingerprint density at radius 2 is 1.77 bits per heavy atom. The molecule has 31 heavy (non-hydrogen) atoms. The molecule has 3 heterocycles. The van der Waals surface area contributed by atoms with Gasteiger partial charge in [0, 0.05) is 17.9 Å². The first-order chi connectivity index (χ1) is 15.1. The summed E-state index contributed by atoms with van der Waals surface area (Å²) in [6.45, 7) is 2.75. The van der Waals surface area contributed by atoms with Crippen molar-refractivity contribution in [2.75, 3.05) is 16.4 Å².